The lowest BCUT2D eigenvalue weighted by Crippen LogP contribution is -2.58. The van der Waals surface area contributed by atoms with Crippen LogP contribution < -0.4 is 5.32 Å². The standard InChI is InChI=1S/C15H24N2O2S/c1-20-14(6-4-7-14)11-17-10-5-12(18)16-15(13(17)19)8-2-3-9-15/h2-11H2,1H3,(H,16,18). The van der Waals surface area contributed by atoms with Gasteiger partial charge in [0.2, 0.25) is 11.8 Å². The quantitative estimate of drug-likeness (QED) is 0.866. The second-order valence-corrected chi connectivity index (χ2v) is 7.83. The maximum absolute atomic E-state index is 13.0. The van der Waals surface area contributed by atoms with Gasteiger partial charge in [0.05, 0.1) is 0 Å². The van der Waals surface area contributed by atoms with Crippen molar-refractivity contribution in [3.05, 3.63) is 0 Å². The molecule has 1 N–H and O–H groups in total. The fourth-order valence-electron chi connectivity index (χ4n) is 3.84. The van der Waals surface area contributed by atoms with Crippen LogP contribution in [-0.2, 0) is 9.59 Å². The second-order valence-electron chi connectivity index (χ2n) is 6.55. The van der Waals surface area contributed by atoms with Crippen LogP contribution in [0.3, 0.4) is 0 Å². The lowest BCUT2D eigenvalue weighted by atomic mass is 9.83. The number of nitrogens with one attached hydrogen (secondary N) is 1. The molecule has 4 nitrogen and oxygen atoms in total. The first-order valence-electron chi connectivity index (χ1n) is 7.75. The molecule has 112 valence electrons. The highest BCUT2D eigenvalue weighted by Gasteiger charge is 2.48. The van der Waals surface area contributed by atoms with E-state index in [0.29, 0.717) is 13.0 Å². The summed E-state index contributed by atoms with van der Waals surface area (Å²) >= 11 is 1.89. The molecule has 0 aromatic heterocycles. The van der Waals surface area contributed by atoms with Crippen LogP contribution in [0.5, 0.6) is 0 Å². The van der Waals surface area contributed by atoms with Crippen molar-refractivity contribution < 1.29 is 9.59 Å². The maximum atomic E-state index is 13.0. The van der Waals surface area contributed by atoms with E-state index in [2.05, 4.69) is 11.6 Å². The molecule has 0 bridgehead atoms. The molecule has 0 atom stereocenters. The van der Waals surface area contributed by atoms with Crippen molar-refractivity contribution in [2.24, 2.45) is 0 Å². The number of thioether (sulfide) groups is 1. The Labute approximate surface area is 125 Å². The summed E-state index contributed by atoms with van der Waals surface area (Å²) in [5.41, 5.74) is -0.572. The zero-order valence-corrected chi connectivity index (χ0v) is 13.1. The number of hydrogen-bond donors (Lipinski definition) is 1. The van der Waals surface area contributed by atoms with Crippen LogP contribution in [0.25, 0.3) is 0 Å². The zero-order chi connectivity index (χ0) is 14.2. The summed E-state index contributed by atoms with van der Waals surface area (Å²) in [6, 6.07) is 0. The molecule has 0 aromatic rings. The highest BCUT2D eigenvalue weighted by atomic mass is 32.2. The van der Waals surface area contributed by atoms with Crippen molar-refractivity contribution in [3.63, 3.8) is 0 Å². The number of hydrogen-bond acceptors (Lipinski definition) is 3. The normalized spacial score (nSPS) is 28.1. The molecule has 3 rings (SSSR count). The average Bonchev–Trinajstić information content (AvgIpc) is 2.82. The lowest BCUT2D eigenvalue weighted by Gasteiger charge is -2.44. The van der Waals surface area contributed by atoms with Crippen LogP contribution in [0, 0.1) is 0 Å². The monoisotopic (exact) mass is 296 g/mol. The van der Waals surface area contributed by atoms with Crippen molar-refractivity contribution >= 4 is 23.6 Å². The van der Waals surface area contributed by atoms with E-state index >= 15 is 0 Å². The average molecular weight is 296 g/mol. The van der Waals surface area contributed by atoms with Gasteiger partial charge in [0.1, 0.15) is 5.54 Å². The number of carbonyl (C=O) groups is 2. The number of rotatable bonds is 3. The van der Waals surface area contributed by atoms with Gasteiger partial charge >= 0.3 is 0 Å². The van der Waals surface area contributed by atoms with Gasteiger partial charge in [0.15, 0.2) is 0 Å². The molecule has 1 saturated heterocycles. The molecule has 3 fully saturated rings. The van der Waals surface area contributed by atoms with E-state index in [1.165, 1.54) is 19.3 Å². The summed E-state index contributed by atoms with van der Waals surface area (Å²) < 4.78 is 0.253. The molecular weight excluding hydrogens is 272 g/mol. The van der Waals surface area contributed by atoms with Crippen molar-refractivity contribution in [2.75, 3.05) is 19.3 Å². The molecule has 0 aromatic carbocycles. The SMILES string of the molecule is CSC1(CN2CCC(=O)NC3(CCCC3)C2=O)CCC1. The predicted molar refractivity (Wildman–Crippen MR) is 80.6 cm³/mol. The van der Waals surface area contributed by atoms with Gasteiger partial charge in [-0.2, -0.15) is 11.8 Å². The minimum absolute atomic E-state index is 0.0505. The van der Waals surface area contributed by atoms with Crippen LogP contribution in [0.1, 0.15) is 51.4 Å². The van der Waals surface area contributed by atoms with Gasteiger partial charge in [0.25, 0.3) is 0 Å². The molecular formula is C15H24N2O2S. The van der Waals surface area contributed by atoms with Crippen LogP contribution in [0.4, 0.5) is 0 Å². The Balaban J connectivity index is 1.79. The minimum atomic E-state index is -0.572. The Hall–Kier alpha value is -0.710. The van der Waals surface area contributed by atoms with Gasteiger partial charge in [-0.25, -0.2) is 0 Å². The Bertz CT molecular complexity index is 409. The molecule has 2 aliphatic carbocycles. The second kappa shape index (κ2) is 5.24. The topological polar surface area (TPSA) is 49.4 Å². The molecule has 1 aliphatic heterocycles. The fourth-order valence-corrected chi connectivity index (χ4v) is 4.82. The van der Waals surface area contributed by atoms with Gasteiger partial charge < -0.3 is 10.2 Å². The van der Waals surface area contributed by atoms with E-state index in [0.717, 1.165) is 32.2 Å². The first-order chi connectivity index (χ1) is 9.59. The van der Waals surface area contributed by atoms with Gasteiger partial charge in [-0.1, -0.05) is 19.3 Å². The minimum Gasteiger partial charge on any atom is -0.342 e. The summed E-state index contributed by atoms with van der Waals surface area (Å²) in [6.07, 6.45) is 10.0. The van der Waals surface area contributed by atoms with Crippen molar-refractivity contribution in [2.45, 2.75) is 61.7 Å². The summed E-state index contributed by atoms with van der Waals surface area (Å²) in [6.45, 7) is 1.42. The summed E-state index contributed by atoms with van der Waals surface area (Å²) in [5.74, 6) is 0.232. The summed E-state index contributed by atoms with van der Waals surface area (Å²) in [7, 11) is 0. The molecule has 0 radical (unpaired) electrons. The van der Waals surface area contributed by atoms with Crippen LogP contribution in [0.15, 0.2) is 0 Å². The third-order valence-corrected chi connectivity index (χ3v) is 6.72. The third kappa shape index (κ3) is 2.34. The molecule has 2 amide bonds. The Morgan fingerprint density at radius 1 is 1.15 bits per heavy atom. The van der Waals surface area contributed by atoms with Crippen molar-refractivity contribution in [3.8, 4) is 0 Å². The maximum Gasteiger partial charge on any atom is 0.248 e. The van der Waals surface area contributed by atoms with Crippen LogP contribution >= 0.6 is 11.8 Å². The molecule has 1 spiro atoms. The van der Waals surface area contributed by atoms with E-state index in [1.807, 2.05) is 16.7 Å². The van der Waals surface area contributed by atoms with Crippen LogP contribution in [0.2, 0.25) is 0 Å². The molecule has 2 saturated carbocycles. The number of amides is 2. The number of carbonyl (C=O) groups excluding carboxylic acids is 2. The van der Waals surface area contributed by atoms with E-state index in [9.17, 15) is 9.59 Å². The van der Waals surface area contributed by atoms with E-state index in [-0.39, 0.29) is 16.6 Å². The third-order valence-electron chi connectivity index (χ3n) is 5.32. The first kappa shape index (κ1) is 14.2. The molecule has 3 aliphatic rings. The highest BCUT2D eigenvalue weighted by molar-refractivity contribution is 8.00. The Kier molecular flexibility index (Phi) is 3.73. The van der Waals surface area contributed by atoms with E-state index in [4.69, 9.17) is 0 Å². The fraction of sp³-hybridized carbons (Fsp3) is 0.867. The summed E-state index contributed by atoms with van der Waals surface area (Å²) in [5, 5.41) is 3.04. The van der Waals surface area contributed by atoms with Gasteiger partial charge in [-0.3, -0.25) is 9.59 Å². The van der Waals surface area contributed by atoms with Gasteiger partial charge in [-0.15, -0.1) is 0 Å². The molecule has 5 heteroatoms. The lowest BCUT2D eigenvalue weighted by molar-refractivity contribution is -0.139. The zero-order valence-electron chi connectivity index (χ0n) is 12.2. The van der Waals surface area contributed by atoms with Gasteiger partial charge in [0, 0.05) is 24.3 Å². The van der Waals surface area contributed by atoms with Crippen molar-refractivity contribution in [1.82, 2.24) is 10.2 Å². The molecule has 20 heavy (non-hydrogen) atoms. The highest BCUT2D eigenvalue weighted by Crippen LogP contribution is 2.44. The smallest absolute Gasteiger partial charge is 0.248 e. The predicted octanol–water partition coefficient (Wildman–Crippen LogP) is 1.93. The first-order valence-corrected chi connectivity index (χ1v) is 8.97. The van der Waals surface area contributed by atoms with E-state index in [1.54, 1.807) is 0 Å². The molecule has 1 heterocycles. The van der Waals surface area contributed by atoms with Crippen molar-refractivity contribution in [1.29, 1.82) is 0 Å². The largest absolute Gasteiger partial charge is 0.342 e. The van der Waals surface area contributed by atoms with Gasteiger partial charge in [-0.05, 0) is 31.9 Å². The Morgan fingerprint density at radius 3 is 2.40 bits per heavy atom. The van der Waals surface area contributed by atoms with E-state index < -0.39 is 5.54 Å². The number of nitrogens with zero attached hydrogens (tertiary/aromatic N) is 1. The summed E-state index contributed by atoms with van der Waals surface area (Å²) in [4.78, 5) is 26.9. The Morgan fingerprint density at radius 2 is 1.85 bits per heavy atom. The molecule has 0 unspecified atom stereocenters. The van der Waals surface area contributed by atoms with Crippen LogP contribution in [-0.4, -0.2) is 46.3 Å².